The van der Waals surface area contributed by atoms with Gasteiger partial charge in [0.25, 0.3) is 5.91 Å². The molecule has 29 heavy (non-hydrogen) atoms. The highest BCUT2D eigenvalue weighted by atomic mass is 35.5. The van der Waals surface area contributed by atoms with Crippen LogP contribution in [0.2, 0.25) is 5.02 Å². The van der Waals surface area contributed by atoms with Crippen molar-refractivity contribution in [2.75, 3.05) is 18.4 Å². The number of anilines is 1. The van der Waals surface area contributed by atoms with Gasteiger partial charge < -0.3 is 10.6 Å². The summed E-state index contributed by atoms with van der Waals surface area (Å²) in [5.74, 6) is 0.0203. The van der Waals surface area contributed by atoms with Crippen molar-refractivity contribution in [3.8, 4) is 6.07 Å². The molecular weight excluding hydrogens is 386 g/mol. The first-order chi connectivity index (χ1) is 14.1. The van der Waals surface area contributed by atoms with E-state index >= 15 is 0 Å². The summed E-state index contributed by atoms with van der Waals surface area (Å²) < 4.78 is 1.63. The molecule has 0 atom stereocenters. The predicted molar refractivity (Wildman–Crippen MR) is 114 cm³/mol. The van der Waals surface area contributed by atoms with Gasteiger partial charge in [-0.2, -0.15) is 10.4 Å². The molecule has 1 aliphatic rings. The predicted octanol–water partition coefficient (Wildman–Crippen LogP) is 4.24. The summed E-state index contributed by atoms with van der Waals surface area (Å²) in [4.78, 5) is 12.9. The van der Waals surface area contributed by atoms with E-state index in [0.717, 1.165) is 37.1 Å². The highest BCUT2D eigenvalue weighted by Crippen LogP contribution is 2.33. The Morgan fingerprint density at radius 3 is 2.79 bits per heavy atom. The fourth-order valence-corrected chi connectivity index (χ4v) is 3.93. The Morgan fingerprint density at radius 1 is 1.31 bits per heavy atom. The summed E-state index contributed by atoms with van der Waals surface area (Å²) in [6.07, 6.45) is 5.27. The van der Waals surface area contributed by atoms with Gasteiger partial charge in [0.2, 0.25) is 0 Å². The number of carbonyl (C=O) groups excluding carboxylic acids is 1. The van der Waals surface area contributed by atoms with Gasteiger partial charge in [0, 0.05) is 11.8 Å². The summed E-state index contributed by atoms with van der Waals surface area (Å²) >= 11 is 6.16. The number of amides is 1. The molecule has 1 fully saturated rings. The number of hydrogen-bond acceptors (Lipinski definition) is 4. The number of fused-ring (bicyclic) bond motifs is 1. The second-order valence-electron chi connectivity index (χ2n) is 7.08. The number of carbonyl (C=O) groups is 1. The van der Waals surface area contributed by atoms with E-state index in [9.17, 15) is 10.1 Å². The van der Waals surface area contributed by atoms with Crippen LogP contribution in [0, 0.1) is 11.3 Å². The Morgan fingerprint density at radius 2 is 2.07 bits per heavy atom. The highest BCUT2D eigenvalue weighted by Gasteiger charge is 2.23. The Balaban J connectivity index is 1.77. The number of rotatable bonds is 4. The summed E-state index contributed by atoms with van der Waals surface area (Å²) in [7, 11) is 0. The van der Waals surface area contributed by atoms with Crippen molar-refractivity contribution < 1.29 is 4.79 Å². The molecule has 3 aromatic rings. The van der Waals surface area contributed by atoms with Crippen molar-refractivity contribution in [3.05, 3.63) is 71.0 Å². The van der Waals surface area contributed by atoms with Gasteiger partial charge in [0.1, 0.15) is 0 Å². The molecule has 7 heteroatoms. The third kappa shape index (κ3) is 3.75. The zero-order valence-electron chi connectivity index (χ0n) is 15.8. The van der Waals surface area contributed by atoms with Gasteiger partial charge in [-0.25, -0.2) is 4.52 Å². The molecule has 2 N–H and O–H groups in total. The van der Waals surface area contributed by atoms with E-state index in [1.54, 1.807) is 22.8 Å². The van der Waals surface area contributed by atoms with E-state index in [0.29, 0.717) is 33.3 Å². The molecule has 1 aliphatic heterocycles. The van der Waals surface area contributed by atoms with Crippen LogP contribution in [-0.4, -0.2) is 28.6 Å². The summed E-state index contributed by atoms with van der Waals surface area (Å²) in [6, 6.07) is 11.2. The molecule has 1 saturated heterocycles. The van der Waals surface area contributed by atoms with Crippen LogP contribution < -0.4 is 10.6 Å². The van der Waals surface area contributed by atoms with E-state index in [-0.39, 0.29) is 5.91 Å². The number of hydrogen-bond donors (Lipinski definition) is 2. The largest absolute Gasteiger partial charge is 0.321 e. The first-order valence-corrected chi connectivity index (χ1v) is 9.83. The van der Waals surface area contributed by atoms with Gasteiger partial charge in [-0.1, -0.05) is 30.3 Å². The Labute approximate surface area is 173 Å². The number of allylic oxidation sites excluding steroid dienone is 1. The monoisotopic (exact) mass is 405 g/mol. The van der Waals surface area contributed by atoms with Crippen molar-refractivity contribution >= 4 is 34.3 Å². The lowest BCUT2D eigenvalue weighted by molar-refractivity contribution is 0.102. The molecule has 0 radical (unpaired) electrons. The molecule has 0 saturated carbocycles. The number of halogens is 1. The van der Waals surface area contributed by atoms with Crippen LogP contribution in [0.4, 0.5) is 5.69 Å². The zero-order valence-corrected chi connectivity index (χ0v) is 16.5. The Bertz CT molecular complexity index is 1140. The molecule has 6 nitrogen and oxygen atoms in total. The van der Waals surface area contributed by atoms with Gasteiger partial charge in [-0.15, -0.1) is 0 Å². The van der Waals surface area contributed by atoms with Crippen molar-refractivity contribution in [1.82, 2.24) is 14.9 Å². The molecule has 0 bridgehead atoms. The average Bonchev–Trinajstić information content (AvgIpc) is 3.17. The van der Waals surface area contributed by atoms with E-state index in [2.05, 4.69) is 28.4 Å². The number of nitrogens with one attached hydrogen (secondary N) is 2. The molecule has 1 aromatic carbocycles. The third-order valence-electron chi connectivity index (χ3n) is 5.29. The minimum absolute atomic E-state index is 0.281. The van der Waals surface area contributed by atoms with Crippen molar-refractivity contribution in [2.45, 2.75) is 18.8 Å². The number of benzene rings is 1. The van der Waals surface area contributed by atoms with Crippen LogP contribution in [0.5, 0.6) is 0 Å². The molecule has 0 aliphatic carbocycles. The second-order valence-corrected chi connectivity index (χ2v) is 7.49. The maximum absolute atomic E-state index is 12.9. The van der Waals surface area contributed by atoms with Crippen LogP contribution >= 0.6 is 11.6 Å². The maximum Gasteiger partial charge on any atom is 0.259 e. The SMILES string of the molecule is C=C(C#N)c1cn2ncc(C(=O)Nc3ccccc3Cl)c2cc1C1CCNCC1. The lowest BCUT2D eigenvalue weighted by atomic mass is 9.86. The standard InChI is InChI=1S/C22H20ClN5O/c1-14(11-24)18-13-28-21(10-16(18)15-6-8-25-9-7-15)17(12-26-28)22(29)27-20-5-3-2-4-19(20)23/h2-5,10,12-13,15,25H,1,6-9H2,(H,27,29). The number of aromatic nitrogens is 2. The van der Waals surface area contributed by atoms with Crippen LogP contribution in [0.15, 0.2) is 49.3 Å². The zero-order chi connectivity index (χ0) is 20.4. The summed E-state index contributed by atoms with van der Waals surface area (Å²) in [6.45, 7) is 5.75. The number of nitriles is 1. The van der Waals surface area contributed by atoms with Crippen molar-refractivity contribution in [2.24, 2.45) is 0 Å². The van der Waals surface area contributed by atoms with Crippen molar-refractivity contribution in [1.29, 1.82) is 5.26 Å². The van der Waals surface area contributed by atoms with Crippen LogP contribution in [-0.2, 0) is 0 Å². The van der Waals surface area contributed by atoms with Gasteiger partial charge >= 0.3 is 0 Å². The number of nitrogens with zero attached hydrogens (tertiary/aromatic N) is 3. The molecule has 1 amide bonds. The van der Waals surface area contributed by atoms with Gasteiger partial charge in [0.15, 0.2) is 0 Å². The normalized spacial score (nSPS) is 14.5. The molecule has 2 aromatic heterocycles. The van der Waals surface area contributed by atoms with Gasteiger partial charge in [-0.3, -0.25) is 4.79 Å². The number of piperidine rings is 1. The van der Waals surface area contributed by atoms with E-state index in [1.807, 2.05) is 18.2 Å². The lowest BCUT2D eigenvalue weighted by Crippen LogP contribution is -2.27. The molecule has 3 heterocycles. The first kappa shape index (κ1) is 19.2. The van der Waals surface area contributed by atoms with Gasteiger partial charge in [-0.05, 0) is 55.6 Å². The van der Waals surface area contributed by atoms with Crippen LogP contribution in [0.25, 0.3) is 11.1 Å². The summed E-state index contributed by atoms with van der Waals surface area (Å²) in [5, 5.41) is 20.4. The van der Waals surface area contributed by atoms with Crippen LogP contribution in [0.1, 0.15) is 40.2 Å². The highest BCUT2D eigenvalue weighted by molar-refractivity contribution is 6.34. The van der Waals surface area contributed by atoms with E-state index < -0.39 is 0 Å². The third-order valence-corrected chi connectivity index (χ3v) is 5.62. The Kier molecular flexibility index (Phi) is 5.34. The van der Waals surface area contributed by atoms with Crippen LogP contribution in [0.3, 0.4) is 0 Å². The van der Waals surface area contributed by atoms with E-state index in [1.165, 1.54) is 6.20 Å². The summed E-state index contributed by atoms with van der Waals surface area (Å²) in [5.41, 5.74) is 3.92. The number of para-hydroxylation sites is 1. The molecule has 4 rings (SSSR count). The molecule has 146 valence electrons. The number of pyridine rings is 1. The lowest BCUT2D eigenvalue weighted by Gasteiger charge is -2.25. The smallest absolute Gasteiger partial charge is 0.259 e. The molecular formula is C22H20ClN5O. The molecule has 0 spiro atoms. The quantitative estimate of drug-likeness (QED) is 0.636. The maximum atomic E-state index is 12.9. The average molecular weight is 406 g/mol. The topological polar surface area (TPSA) is 82.2 Å². The minimum atomic E-state index is -0.281. The fraction of sp³-hybridized carbons (Fsp3) is 0.227. The van der Waals surface area contributed by atoms with E-state index in [4.69, 9.17) is 11.6 Å². The minimum Gasteiger partial charge on any atom is -0.321 e. The fourth-order valence-electron chi connectivity index (χ4n) is 3.75. The Hall–Kier alpha value is -3.14. The first-order valence-electron chi connectivity index (χ1n) is 9.45. The molecule has 0 unspecified atom stereocenters. The second kappa shape index (κ2) is 8.08. The van der Waals surface area contributed by atoms with Crippen molar-refractivity contribution in [3.63, 3.8) is 0 Å². The van der Waals surface area contributed by atoms with Gasteiger partial charge in [0.05, 0.1) is 39.6 Å².